The molecule has 1 saturated heterocycles. The van der Waals surface area contributed by atoms with Crippen LogP contribution in [0.15, 0.2) is 103 Å². The smallest absolute Gasteiger partial charge is 0.338 e. The summed E-state index contributed by atoms with van der Waals surface area (Å²) in [4.78, 5) is 64.7. The lowest BCUT2D eigenvalue weighted by molar-refractivity contribution is -0.202. The van der Waals surface area contributed by atoms with Crippen molar-refractivity contribution in [3.05, 3.63) is 120 Å². The van der Waals surface area contributed by atoms with Crippen molar-refractivity contribution in [1.82, 2.24) is 4.90 Å². The van der Waals surface area contributed by atoms with Crippen molar-refractivity contribution < 1.29 is 51.7 Å². The Kier molecular flexibility index (Phi) is 10.5. The number of allylic oxidation sites excluding steroid dienone is 1. The number of alkyl halides is 2. The van der Waals surface area contributed by atoms with Gasteiger partial charge in [-0.3, -0.25) is 14.5 Å². The molecule has 234 valence electrons. The molecular formula is C33H29F2NO9. The Morgan fingerprint density at radius 1 is 0.778 bits per heavy atom. The topological polar surface area (TPSA) is 126 Å². The standard InChI is InChI=1S/C33H29F2NO9/c1-21(37)18-19-36(22(2)38)28-26(43-30(40)24-14-8-4-9-15-24)27(44-31(41)25-16-10-5-11-17-25)33(45-28,32(34)35)20-42-29(39)23-12-6-3-7-13-23/h3-19,26-28,32H,20H2,1-2H3/b19-18-/t26-,27+,28-,33-/m1/s1. The predicted octanol–water partition coefficient (Wildman–Crippen LogP) is 4.61. The van der Waals surface area contributed by atoms with E-state index in [0.717, 1.165) is 24.1 Å². The van der Waals surface area contributed by atoms with Crippen LogP contribution < -0.4 is 0 Å². The van der Waals surface area contributed by atoms with Crippen LogP contribution in [-0.2, 0) is 28.5 Å². The molecule has 0 radical (unpaired) electrons. The summed E-state index contributed by atoms with van der Waals surface area (Å²) in [5, 5.41) is 0. The van der Waals surface area contributed by atoms with Gasteiger partial charge in [0.1, 0.15) is 6.61 Å². The largest absolute Gasteiger partial charge is 0.459 e. The van der Waals surface area contributed by atoms with E-state index in [-0.39, 0.29) is 16.7 Å². The van der Waals surface area contributed by atoms with Crippen molar-refractivity contribution >= 4 is 29.6 Å². The van der Waals surface area contributed by atoms with Gasteiger partial charge in [0.25, 0.3) is 6.43 Å². The average Bonchev–Trinajstić information content (AvgIpc) is 3.33. The fraction of sp³-hybridized carbons (Fsp3) is 0.242. The zero-order valence-electron chi connectivity index (χ0n) is 24.2. The molecule has 1 aliphatic rings. The first-order chi connectivity index (χ1) is 21.5. The van der Waals surface area contributed by atoms with Gasteiger partial charge in [0.2, 0.25) is 11.5 Å². The van der Waals surface area contributed by atoms with Gasteiger partial charge in [0.05, 0.1) is 16.7 Å². The van der Waals surface area contributed by atoms with E-state index in [4.69, 9.17) is 18.9 Å². The first kappa shape index (κ1) is 32.7. The number of carbonyl (C=O) groups excluding carboxylic acids is 5. The van der Waals surface area contributed by atoms with Gasteiger partial charge in [0.15, 0.2) is 24.2 Å². The van der Waals surface area contributed by atoms with Crippen LogP contribution in [0.1, 0.15) is 44.9 Å². The Morgan fingerprint density at radius 3 is 1.69 bits per heavy atom. The van der Waals surface area contributed by atoms with Gasteiger partial charge in [-0.25, -0.2) is 23.2 Å². The van der Waals surface area contributed by atoms with Crippen LogP contribution in [0.5, 0.6) is 0 Å². The summed E-state index contributed by atoms with van der Waals surface area (Å²) < 4.78 is 53.0. The lowest BCUT2D eigenvalue weighted by Crippen LogP contribution is -2.55. The highest BCUT2D eigenvalue weighted by molar-refractivity contribution is 5.91. The summed E-state index contributed by atoms with van der Waals surface area (Å²) in [6.07, 6.45) is -7.45. The third kappa shape index (κ3) is 7.65. The normalized spacial score (nSPS) is 20.9. The molecule has 10 nitrogen and oxygen atoms in total. The van der Waals surface area contributed by atoms with E-state index in [0.29, 0.717) is 0 Å². The summed E-state index contributed by atoms with van der Waals surface area (Å²) in [6.45, 7) is 1.07. The number of amides is 1. The molecule has 0 bridgehead atoms. The number of ether oxygens (including phenoxy) is 4. The van der Waals surface area contributed by atoms with Gasteiger partial charge in [0, 0.05) is 13.1 Å². The Hall–Kier alpha value is -5.23. The third-order valence-corrected chi connectivity index (χ3v) is 6.81. The summed E-state index contributed by atoms with van der Waals surface area (Å²) in [5.74, 6) is -4.38. The van der Waals surface area contributed by atoms with Gasteiger partial charge in [-0.1, -0.05) is 54.6 Å². The summed E-state index contributed by atoms with van der Waals surface area (Å²) in [5.41, 5.74) is -2.92. The van der Waals surface area contributed by atoms with Crippen molar-refractivity contribution in [2.24, 2.45) is 0 Å². The van der Waals surface area contributed by atoms with E-state index >= 15 is 8.78 Å². The highest BCUT2D eigenvalue weighted by atomic mass is 19.3. The predicted molar refractivity (Wildman–Crippen MR) is 154 cm³/mol. The van der Waals surface area contributed by atoms with Crippen molar-refractivity contribution in [3.63, 3.8) is 0 Å². The SMILES string of the molecule is CC(=O)/C=C\N(C(C)=O)[C@@H]1O[C@@](COC(=O)c2ccccc2)(C(F)F)[C@@H](OC(=O)c2ccccc2)[C@H]1OC(=O)c1ccccc1. The van der Waals surface area contributed by atoms with Crippen molar-refractivity contribution in [2.45, 2.75) is 44.3 Å². The molecule has 0 saturated carbocycles. The molecule has 0 aromatic heterocycles. The second kappa shape index (κ2) is 14.5. The van der Waals surface area contributed by atoms with Crippen molar-refractivity contribution in [3.8, 4) is 0 Å². The molecule has 0 unspecified atom stereocenters. The monoisotopic (exact) mass is 621 g/mol. The van der Waals surface area contributed by atoms with E-state index in [2.05, 4.69) is 0 Å². The van der Waals surface area contributed by atoms with Crippen molar-refractivity contribution in [1.29, 1.82) is 0 Å². The van der Waals surface area contributed by atoms with Crippen LogP contribution >= 0.6 is 0 Å². The number of benzene rings is 3. The Labute approximate surface area is 257 Å². The molecule has 0 aliphatic carbocycles. The van der Waals surface area contributed by atoms with E-state index in [1.54, 1.807) is 18.2 Å². The maximum absolute atomic E-state index is 15.3. The Balaban J connectivity index is 1.83. The summed E-state index contributed by atoms with van der Waals surface area (Å²) in [6, 6.07) is 22.4. The quantitative estimate of drug-likeness (QED) is 0.172. The van der Waals surface area contributed by atoms with Gasteiger partial charge >= 0.3 is 17.9 Å². The molecule has 1 amide bonds. The average molecular weight is 622 g/mol. The number of esters is 3. The maximum atomic E-state index is 15.3. The number of hydrogen-bond acceptors (Lipinski definition) is 9. The minimum atomic E-state index is -3.52. The van der Waals surface area contributed by atoms with Crippen molar-refractivity contribution in [2.75, 3.05) is 6.61 Å². The van der Waals surface area contributed by atoms with E-state index < -0.39 is 66.7 Å². The molecule has 1 aliphatic heterocycles. The number of ketones is 1. The number of nitrogens with zero attached hydrogens (tertiary/aromatic N) is 1. The van der Waals surface area contributed by atoms with Gasteiger partial charge in [-0.05, 0) is 49.4 Å². The maximum Gasteiger partial charge on any atom is 0.338 e. The highest BCUT2D eigenvalue weighted by Gasteiger charge is 2.66. The molecule has 1 heterocycles. The first-order valence-corrected chi connectivity index (χ1v) is 13.7. The molecule has 4 rings (SSSR count). The minimum absolute atomic E-state index is 0.0168. The zero-order valence-corrected chi connectivity index (χ0v) is 24.2. The van der Waals surface area contributed by atoms with Crippen LogP contribution in [0.4, 0.5) is 8.78 Å². The number of hydrogen-bond donors (Lipinski definition) is 0. The number of rotatable bonds is 11. The van der Waals surface area contributed by atoms with Gasteiger partial charge in [-0.2, -0.15) is 0 Å². The minimum Gasteiger partial charge on any atom is -0.459 e. The molecule has 12 heteroatoms. The first-order valence-electron chi connectivity index (χ1n) is 13.7. The van der Waals surface area contributed by atoms with E-state index in [1.165, 1.54) is 79.7 Å². The molecule has 45 heavy (non-hydrogen) atoms. The molecule has 4 atom stereocenters. The van der Waals surface area contributed by atoms with Crippen LogP contribution in [0.3, 0.4) is 0 Å². The van der Waals surface area contributed by atoms with Crippen LogP contribution in [0.2, 0.25) is 0 Å². The Bertz CT molecular complexity index is 1550. The van der Waals surface area contributed by atoms with Gasteiger partial charge in [-0.15, -0.1) is 0 Å². The number of halogens is 2. The van der Waals surface area contributed by atoms with Crippen LogP contribution in [0.25, 0.3) is 0 Å². The van der Waals surface area contributed by atoms with Gasteiger partial charge < -0.3 is 18.9 Å². The van der Waals surface area contributed by atoms with E-state index in [9.17, 15) is 24.0 Å². The zero-order chi connectivity index (χ0) is 32.6. The third-order valence-electron chi connectivity index (χ3n) is 6.81. The lowest BCUT2D eigenvalue weighted by Gasteiger charge is -2.33. The molecule has 3 aromatic carbocycles. The number of carbonyl (C=O) groups is 5. The molecular weight excluding hydrogens is 592 g/mol. The second-order valence-electron chi connectivity index (χ2n) is 9.99. The molecule has 0 N–H and O–H groups in total. The highest BCUT2D eigenvalue weighted by Crippen LogP contribution is 2.42. The summed E-state index contributed by atoms with van der Waals surface area (Å²) >= 11 is 0. The second-order valence-corrected chi connectivity index (χ2v) is 9.99. The van der Waals surface area contributed by atoms with Crippen LogP contribution in [-0.4, -0.2) is 71.6 Å². The fourth-order valence-corrected chi connectivity index (χ4v) is 4.56. The molecule has 3 aromatic rings. The van der Waals surface area contributed by atoms with Crippen LogP contribution in [0, 0.1) is 0 Å². The fourth-order valence-electron chi connectivity index (χ4n) is 4.56. The summed E-state index contributed by atoms with van der Waals surface area (Å²) in [7, 11) is 0. The van der Waals surface area contributed by atoms with E-state index in [1.807, 2.05) is 0 Å². The molecule has 1 fully saturated rings. The lowest BCUT2D eigenvalue weighted by atomic mass is 9.95. The molecule has 0 spiro atoms. The Morgan fingerprint density at radius 2 is 1.24 bits per heavy atom.